The van der Waals surface area contributed by atoms with Gasteiger partial charge in [0.15, 0.2) is 0 Å². The molecule has 3 N–H and O–H groups in total. The first-order valence-corrected chi connectivity index (χ1v) is 6.83. The molecule has 0 aromatic heterocycles. The normalized spacial score (nSPS) is 13.4. The Morgan fingerprint density at radius 3 is 2.50 bits per heavy atom. The maximum absolute atomic E-state index is 11.9. The van der Waals surface area contributed by atoms with Crippen LogP contribution in [0.1, 0.15) is 18.9 Å². The Morgan fingerprint density at radius 1 is 1.38 bits per heavy atom. The summed E-state index contributed by atoms with van der Waals surface area (Å²) in [6.07, 6.45) is 0.512. The molecule has 0 bridgehead atoms. The maximum atomic E-state index is 11.9. The van der Waals surface area contributed by atoms with Crippen molar-refractivity contribution in [1.82, 2.24) is 0 Å². The number of nitrogens with one attached hydrogen (secondary N) is 1. The Labute approximate surface area is 96.9 Å². The highest BCUT2D eigenvalue weighted by Crippen LogP contribution is 2.17. The second-order valence-corrected chi connectivity index (χ2v) is 5.69. The van der Waals surface area contributed by atoms with Gasteiger partial charge in [0, 0.05) is 6.54 Å². The van der Waals surface area contributed by atoms with Crippen LogP contribution in [0.25, 0.3) is 0 Å². The van der Waals surface area contributed by atoms with Gasteiger partial charge in [-0.1, -0.05) is 25.1 Å². The van der Waals surface area contributed by atoms with Gasteiger partial charge in [0.05, 0.1) is 10.9 Å². The Bertz CT molecular complexity index is 439. The van der Waals surface area contributed by atoms with Crippen LogP contribution in [0.5, 0.6) is 0 Å². The number of sulfonamides is 1. The van der Waals surface area contributed by atoms with Crippen molar-refractivity contribution in [3.8, 4) is 0 Å². The minimum absolute atomic E-state index is 0.137. The molecule has 0 fully saturated rings. The molecule has 0 aliphatic rings. The summed E-state index contributed by atoms with van der Waals surface area (Å²) in [6.45, 7) is 3.81. The highest BCUT2D eigenvalue weighted by molar-refractivity contribution is 7.93. The molecule has 0 heterocycles. The third kappa shape index (κ3) is 2.96. The van der Waals surface area contributed by atoms with Gasteiger partial charge in [-0.15, -0.1) is 0 Å². The molecule has 0 saturated heterocycles. The lowest BCUT2D eigenvalue weighted by atomic mass is 10.2. The zero-order valence-corrected chi connectivity index (χ0v) is 10.4. The van der Waals surface area contributed by atoms with Crippen LogP contribution in [-0.4, -0.2) is 20.2 Å². The number of anilines is 1. The van der Waals surface area contributed by atoms with Crippen molar-refractivity contribution in [3.05, 3.63) is 29.8 Å². The number of hydrogen-bond acceptors (Lipinski definition) is 3. The summed E-state index contributed by atoms with van der Waals surface area (Å²) in [5.74, 6) is 0. The lowest BCUT2D eigenvalue weighted by molar-refractivity contribution is 0.581. The fourth-order valence-electron chi connectivity index (χ4n) is 1.44. The van der Waals surface area contributed by atoms with Gasteiger partial charge < -0.3 is 5.73 Å². The average molecular weight is 242 g/mol. The van der Waals surface area contributed by atoms with E-state index < -0.39 is 15.3 Å². The molecule has 0 spiro atoms. The molecule has 90 valence electrons. The summed E-state index contributed by atoms with van der Waals surface area (Å²) < 4.78 is 26.4. The monoisotopic (exact) mass is 242 g/mol. The smallest absolute Gasteiger partial charge is 0.236 e. The standard InChI is InChI=1S/C11H18N2O2S/c1-3-10(8-12)16(14,15)13-11-7-5-4-6-9(11)2/h4-7,10,13H,3,8,12H2,1-2H3. The van der Waals surface area contributed by atoms with Gasteiger partial charge in [0.1, 0.15) is 0 Å². The average Bonchev–Trinajstić information content (AvgIpc) is 2.22. The van der Waals surface area contributed by atoms with Crippen LogP contribution in [0.4, 0.5) is 5.69 Å². The van der Waals surface area contributed by atoms with Gasteiger partial charge in [-0.05, 0) is 25.0 Å². The molecule has 4 nitrogen and oxygen atoms in total. The zero-order chi connectivity index (χ0) is 12.2. The summed E-state index contributed by atoms with van der Waals surface area (Å²) in [7, 11) is -3.37. The molecule has 1 unspecified atom stereocenters. The van der Waals surface area contributed by atoms with Crippen LogP contribution >= 0.6 is 0 Å². The molecule has 0 amide bonds. The third-order valence-corrected chi connectivity index (χ3v) is 4.46. The van der Waals surface area contributed by atoms with Gasteiger partial charge >= 0.3 is 0 Å². The topological polar surface area (TPSA) is 72.2 Å². The van der Waals surface area contributed by atoms with E-state index in [1.165, 1.54) is 0 Å². The first-order chi connectivity index (χ1) is 7.51. The van der Waals surface area contributed by atoms with E-state index in [1.807, 2.05) is 26.0 Å². The molecular formula is C11H18N2O2S. The Morgan fingerprint density at radius 2 is 2.00 bits per heavy atom. The zero-order valence-electron chi connectivity index (χ0n) is 9.60. The number of hydrogen-bond donors (Lipinski definition) is 2. The highest BCUT2D eigenvalue weighted by Gasteiger charge is 2.22. The number of rotatable bonds is 5. The molecule has 1 rings (SSSR count). The van der Waals surface area contributed by atoms with Crippen LogP contribution in [0.3, 0.4) is 0 Å². The predicted molar refractivity (Wildman–Crippen MR) is 66.9 cm³/mol. The van der Waals surface area contributed by atoms with Crippen molar-refractivity contribution >= 4 is 15.7 Å². The fraction of sp³-hybridized carbons (Fsp3) is 0.455. The molecule has 0 radical (unpaired) electrons. The number of para-hydroxylation sites is 1. The van der Waals surface area contributed by atoms with Crippen molar-refractivity contribution in [3.63, 3.8) is 0 Å². The molecule has 1 aromatic rings. The molecule has 5 heteroatoms. The maximum Gasteiger partial charge on any atom is 0.236 e. The SMILES string of the molecule is CCC(CN)S(=O)(=O)Nc1ccccc1C. The molecule has 0 aliphatic heterocycles. The van der Waals surface area contributed by atoms with Crippen molar-refractivity contribution in [2.75, 3.05) is 11.3 Å². The van der Waals surface area contributed by atoms with Crippen LogP contribution in [-0.2, 0) is 10.0 Å². The van der Waals surface area contributed by atoms with E-state index in [9.17, 15) is 8.42 Å². The highest BCUT2D eigenvalue weighted by atomic mass is 32.2. The quantitative estimate of drug-likeness (QED) is 0.821. The summed E-state index contributed by atoms with van der Waals surface area (Å²) in [5, 5.41) is -0.535. The third-order valence-electron chi connectivity index (χ3n) is 2.55. The molecule has 1 aromatic carbocycles. The van der Waals surface area contributed by atoms with E-state index in [0.29, 0.717) is 12.1 Å². The van der Waals surface area contributed by atoms with Crippen LogP contribution in [0.15, 0.2) is 24.3 Å². The summed E-state index contributed by atoms with van der Waals surface area (Å²) in [4.78, 5) is 0. The minimum atomic E-state index is -3.37. The Kier molecular flexibility index (Phi) is 4.32. The van der Waals surface area contributed by atoms with Crippen LogP contribution < -0.4 is 10.5 Å². The van der Waals surface area contributed by atoms with E-state index in [1.54, 1.807) is 12.1 Å². The number of nitrogens with two attached hydrogens (primary N) is 1. The van der Waals surface area contributed by atoms with Crippen molar-refractivity contribution < 1.29 is 8.42 Å². The second kappa shape index (κ2) is 5.32. The lowest BCUT2D eigenvalue weighted by Crippen LogP contribution is -2.33. The summed E-state index contributed by atoms with van der Waals surface area (Å²) in [5.41, 5.74) is 6.96. The fourth-order valence-corrected chi connectivity index (χ4v) is 2.83. The molecular weight excluding hydrogens is 224 g/mol. The number of aryl methyl sites for hydroxylation is 1. The van der Waals surface area contributed by atoms with Gasteiger partial charge in [-0.25, -0.2) is 8.42 Å². The van der Waals surface area contributed by atoms with Gasteiger partial charge in [0.2, 0.25) is 10.0 Å². The predicted octanol–water partition coefficient (Wildman–Crippen LogP) is 1.47. The van der Waals surface area contributed by atoms with Crippen LogP contribution in [0.2, 0.25) is 0 Å². The van der Waals surface area contributed by atoms with Crippen molar-refractivity contribution in [2.45, 2.75) is 25.5 Å². The number of benzene rings is 1. The largest absolute Gasteiger partial charge is 0.329 e. The molecule has 16 heavy (non-hydrogen) atoms. The molecule has 0 saturated carbocycles. The van der Waals surface area contributed by atoms with Gasteiger partial charge in [-0.2, -0.15) is 0 Å². The Hall–Kier alpha value is -1.07. The second-order valence-electron chi connectivity index (χ2n) is 3.73. The minimum Gasteiger partial charge on any atom is -0.329 e. The summed E-state index contributed by atoms with van der Waals surface area (Å²) >= 11 is 0. The van der Waals surface area contributed by atoms with E-state index >= 15 is 0 Å². The van der Waals surface area contributed by atoms with Crippen LogP contribution in [0, 0.1) is 6.92 Å². The molecule has 1 atom stereocenters. The van der Waals surface area contributed by atoms with Crippen molar-refractivity contribution in [2.24, 2.45) is 5.73 Å². The van der Waals surface area contributed by atoms with E-state index in [2.05, 4.69) is 4.72 Å². The summed E-state index contributed by atoms with van der Waals surface area (Å²) in [6, 6.07) is 7.28. The first kappa shape index (κ1) is 13.0. The van der Waals surface area contributed by atoms with E-state index in [4.69, 9.17) is 5.73 Å². The van der Waals surface area contributed by atoms with Crippen molar-refractivity contribution in [1.29, 1.82) is 0 Å². The molecule has 0 aliphatic carbocycles. The first-order valence-electron chi connectivity index (χ1n) is 5.28. The van der Waals surface area contributed by atoms with E-state index in [-0.39, 0.29) is 6.54 Å². The van der Waals surface area contributed by atoms with Gasteiger partial charge in [0.25, 0.3) is 0 Å². The van der Waals surface area contributed by atoms with E-state index in [0.717, 1.165) is 5.56 Å². The van der Waals surface area contributed by atoms with Gasteiger partial charge in [-0.3, -0.25) is 4.72 Å². The lowest BCUT2D eigenvalue weighted by Gasteiger charge is -2.16. The Balaban J connectivity index is 2.93.